The lowest BCUT2D eigenvalue weighted by atomic mass is 10.1. The maximum absolute atomic E-state index is 13.1. The van der Waals surface area contributed by atoms with Crippen LogP contribution in [0.15, 0.2) is 48.7 Å². The van der Waals surface area contributed by atoms with Crippen molar-refractivity contribution in [3.8, 4) is 0 Å². The van der Waals surface area contributed by atoms with Gasteiger partial charge in [-0.2, -0.15) is 0 Å². The molecule has 0 N–H and O–H groups in total. The largest absolute Gasteiger partial charge is 0.353 e. The number of carbonyl (C=O) groups is 2. The van der Waals surface area contributed by atoms with E-state index in [1.807, 2.05) is 59.4 Å². The summed E-state index contributed by atoms with van der Waals surface area (Å²) in [6, 6.07) is 14.2. The van der Waals surface area contributed by atoms with Crippen LogP contribution in [0.25, 0.3) is 0 Å². The molecule has 5 heteroatoms. The van der Waals surface area contributed by atoms with Gasteiger partial charge in [0.1, 0.15) is 0 Å². The van der Waals surface area contributed by atoms with Crippen molar-refractivity contribution in [2.24, 2.45) is 13.0 Å². The molecule has 2 saturated heterocycles. The molecule has 136 valence electrons. The minimum absolute atomic E-state index is 0.0850. The summed E-state index contributed by atoms with van der Waals surface area (Å²) in [7, 11) is 2.02. The Bertz CT molecular complexity index is 799. The summed E-state index contributed by atoms with van der Waals surface area (Å²) in [6.45, 7) is 1.91. The summed E-state index contributed by atoms with van der Waals surface area (Å²) >= 11 is 0. The van der Waals surface area contributed by atoms with Gasteiger partial charge in [-0.15, -0.1) is 0 Å². The van der Waals surface area contributed by atoms with E-state index in [1.165, 1.54) is 5.69 Å². The van der Waals surface area contributed by atoms with Crippen molar-refractivity contribution in [2.45, 2.75) is 31.8 Å². The van der Waals surface area contributed by atoms with Gasteiger partial charge in [0.15, 0.2) is 0 Å². The number of aromatic nitrogens is 1. The van der Waals surface area contributed by atoms with Crippen molar-refractivity contribution >= 4 is 11.8 Å². The second-order valence-electron chi connectivity index (χ2n) is 7.39. The molecule has 2 unspecified atom stereocenters. The van der Waals surface area contributed by atoms with E-state index in [4.69, 9.17) is 0 Å². The molecule has 2 aliphatic rings. The Morgan fingerprint density at radius 2 is 1.96 bits per heavy atom. The van der Waals surface area contributed by atoms with Crippen LogP contribution in [0.1, 0.15) is 36.6 Å². The highest BCUT2D eigenvalue weighted by Crippen LogP contribution is 2.34. The predicted octanol–water partition coefficient (Wildman–Crippen LogP) is 2.74. The van der Waals surface area contributed by atoms with Crippen LogP contribution in [0.2, 0.25) is 0 Å². The molecule has 2 aromatic rings. The molecule has 1 aromatic heterocycles. The number of rotatable bonds is 4. The third-order valence-corrected chi connectivity index (χ3v) is 5.64. The number of likely N-dealkylation sites (tertiary alicyclic amines) is 2. The van der Waals surface area contributed by atoms with Gasteiger partial charge in [-0.1, -0.05) is 30.3 Å². The maximum atomic E-state index is 13.1. The molecule has 0 spiro atoms. The van der Waals surface area contributed by atoms with Gasteiger partial charge in [-0.25, -0.2) is 0 Å². The summed E-state index contributed by atoms with van der Waals surface area (Å²) < 4.78 is 2.10. The molecule has 1 aromatic carbocycles. The van der Waals surface area contributed by atoms with Gasteiger partial charge in [0.25, 0.3) is 0 Å². The normalized spacial score (nSPS) is 23.0. The smallest absolute Gasteiger partial charge is 0.228 e. The Balaban J connectivity index is 1.45. The monoisotopic (exact) mass is 351 g/mol. The standard InChI is InChI=1S/C21H25N3O2/c1-22-11-5-9-18(22)19-10-6-12-24(19)21(26)17-13-20(25)23(15-17)14-16-7-3-2-4-8-16/h2-5,7-9,11,17,19H,6,10,12-15H2,1H3. The minimum Gasteiger partial charge on any atom is -0.353 e. The molecular weight excluding hydrogens is 326 g/mol. The number of hydrogen-bond acceptors (Lipinski definition) is 2. The Morgan fingerprint density at radius 1 is 1.15 bits per heavy atom. The first kappa shape index (κ1) is 16.9. The summed E-state index contributed by atoms with van der Waals surface area (Å²) in [5, 5.41) is 0. The van der Waals surface area contributed by atoms with E-state index in [0.29, 0.717) is 19.5 Å². The molecule has 3 heterocycles. The molecular formula is C21H25N3O2. The van der Waals surface area contributed by atoms with Crippen LogP contribution >= 0.6 is 0 Å². The number of benzene rings is 1. The van der Waals surface area contributed by atoms with Gasteiger partial charge in [0.2, 0.25) is 11.8 Å². The fraction of sp³-hybridized carbons (Fsp3) is 0.429. The van der Waals surface area contributed by atoms with Crippen LogP contribution in [-0.2, 0) is 23.2 Å². The summed E-state index contributed by atoms with van der Waals surface area (Å²) in [6.07, 6.45) is 4.38. The Hall–Kier alpha value is -2.56. The van der Waals surface area contributed by atoms with Crippen molar-refractivity contribution in [3.63, 3.8) is 0 Å². The average Bonchev–Trinajstić information content (AvgIpc) is 3.36. The van der Waals surface area contributed by atoms with Gasteiger partial charge in [0.05, 0.1) is 12.0 Å². The van der Waals surface area contributed by atoms with Crippen LogP contribution in [0, 0.1) is 5.92 Å². The van der Waals surface area contributed by atoms with E-state index in [1.54, 1.807) is 0 Å². The van der Waals surface area contributed by atoms with E-state index < -0.39 is 0 Å². The third kappa shape index (κ3) is 3.14. The highest BCUT2D eigenvalue weighted by atomic mass is 16.2. The second-order valence-corrected chi connectivity index (χ2v) is 7.39. The van der Waals surface area contributed by atoms with Crippen molar-refractivity contribution < 1.29 is 9.59 Å². The quantitative estimate of drug-likeness (QED) is 0.850. The lowest BCUT2D eigenvalue weighted by Gasteiger charge is -2.28. The van der Waals surface area contributed by atoms with Crippen LogP contribution in [0.5, 0.6) is 0 Å². The number of amides is 2. The topological polar surface area (TPSA) is 45.6 Å². The summed E-state index contributed by atoms with van der Waals surface area (Å²) in [5.74, 6) is 0.00603. The minimum atomic E-state index is -0.216. The first-order valence-electron chi connectivity index (χ1n) is 9.37. The average molecular weight is 351 g/mol. The first-order chi connectivity index (χ1) is 12.6. The zero-order valence-electron chi connectivity index (χ0n) is 15.2. The van der Waals surface area contributed by atoms with Gasteiger partial charge in [-0.3, -0.25) is 9.59 Å². The van der Waals surface area contributed by atoms with Crippen molar-refractivity contribution in [2.75, 3.05) is 13.1 Å². The molecule has 0 saturated carbocycles. The Kier molecular flexibility index (Phi) is 4.53. The molecule has 2 fully saturated rings. The predicted molar refractivity (Wildman–Crippen MR) is 99.1 cm³/mol. The number of aryl methyl sites for hydroxylation is 1. The summed E-state index contributed by atoms with van der Waals surface area (Å²) in [4.78, 5) is 29.4. The zero-order valence-corrected chi connectivity index (χ0v) is 15.2. The zero-order chi connectivity index (χ0) is 18.1. The van der Waals surface area contributed by atoms with Crippen LogP contribution in [0.4, 0.5) is 0 Å². The SMILES string of the molecule is Cn1cccc1C1CCCN1C(=O)C1CC(=O)N(Cc2ccccc2)C1. The van der Waals surface area contributed by atoms with E-state index >= 15 is 0 Å². The van der Waals surface area contributed by atoms with Gasteiger partial charge in [-0.05, 0) is 30.5 Å². The molecule has 5 nitrogen and oxygen atoms in total. The van der Waals surface area contributed by atoms with Crippen LogP contribution in [0.3, 0.4) is 0 Å². The van der Waals surface area contributed by atoms with E-state index in [0.717, 1.165) is 24.9 Å². The third-order valence-electron chi connectivity index (χ3n) is 5.64. The van der Waals surface area contributed by atoms with Crippen molar-refractivity contribution in [1.82, 2.24) is 14.4 Å². The van der Waals surface area contributed by atoms with Gasteiger partial charge < -0.3 is 14.4 Å². The Labute approximate surface area is 154 Å². The van der Waals surface area contributed by atoms with E-state index in [2.05, 4.69) is 10.6 Å². The van der Waals surface area contributed by atoms with E-state index in [-0.39, 0.29) is 23.8 Å². The first-order valence-corrected chi connectivity index (χ1v) is 9.37. The van der Waals surface area contributed by atoms with Gasteiger partial charge >= 0.3 is 0 Å². The molecule has 26 heavy (non-hydrogen) atoms. The highest BCUT2D eigenvalue weighted by molar-refractivity contribution is 5.89. The van der Waals surface area contributed by atoms with Crippen molar-refractivity contribution in [1.29, 1.82) is 0 Å². The maximum Gasteiger partial charge on any atom is 0.228 e. The molecule has 0 aliphatic carbocycles. The molecule has 4 rings (SSSR count). The van der Waals surface area contributed by atoms with Crippen LogP contribution < -0.4 is 0 Å². The van der Waals surface area contributed by atoms with E-state index in [9.17, 15) is 9.59 Å². The highest BCUT2D eigenvalue weighted by Gasteiger charge is 2.40. The fourth-order valence-corrected chi connectivity index (χ4v) is 4.29. The molecule has 2 atom stereocenters. The van der Waals surface area contributed by atoms with Crippen LogP contribution in [-0.4, -0.2) is 39.3 Å². The lowest BCUT2D eigenvalue weighted by Crippen LogP contribution is -2.37. The number of carbonyl (C=O) groups excluding carboxylic acids is 2. The fourth-order valence-electron chi connectivity index (χ4n) is 4.29. The molecule has 0 radical (unpaired) electrons. The lowest BCUT2D eigenvalue weighted by molar-refractivity contribution is -0.136. The molecule has 2 amide bonds. The van der Waals surface area contributed by atoms with Gasteiger partial charge in [0, 0.05) is 45.0 Å². The Morgan fingerprint density at radius 3 is 2.69 bits per heavy atom. The second kappa shape index (κ2) is 6.98. The molecule has 2 aliphatic heterocycles. The van der Waals surface area contributed by atoms with Crippen molar-refractivity contribution in [3.05, 3.63) is 59.9 Å². The number of hydrogen-bond donors (Lipinski definition) is 0. The summed E-state index contributed by atoms with van der Waals surface area (Å²) in [5.41, 5.74) is 2.29. The molecule has 0 bridgehead atoms. The number of nitrogens with zero attached hydrogens (tertiary/aromatic N) is 3.